The van der Waals surface area contributed by atoms with Crippen molar-refractivity contribution in [1.29, 1.82) is 0 Å². The van der Waals surface area contributed by atoms with Crippen LogP contribution in [0.3, 0.4) is 0 Å². The molecule has 0 spiro atoms. The summed E-state index contributed by atoms with van der Waals surface area (Å²) in [6.07, 6.45) is 0. The van der Waals surface area contributed by atoms with Gasteiger partial charge in [0.25, 0.3) is 0 Å². The fraction of sp³-hybridized carbons (Fsp3) is 0. The summed E-state index contributed by atoms with van der Waals surface area (Å²) in [5, 5.41) is 10.6. The molecule has 3 aromatic heterocycles. The Hall–Kier alpha value is -4.40. The predicted molar refractivity (Wildman–Crippen MR) is 157 cm³/mol. The maximum Gasteiger partial charge on any atom is 0.0620 e. The summed E-state index contributed by atoms with van der Waals surface area (Å²) in [5.74, 6) is 0. The molecule has 3 heterocycles. The highest BCUT2D eigenvalue weighted by atomic mass is 32.1. The summed E-state index contributed by atoms with van der Waals surface area (Å²) in [7, 11) is 0. The first-order chi connectivity index (χ1) is 17.8. The second-order valence-electron chi connectivity index (χ2n) is 9.80. The summed E-state index contributed by atoms with van der Waals surface area (Å²) < 4.78 is 5.14. The van der Waals surface area contributed by atoms with E-state index >= 15 is 0 Å². The van der Waals surface area contributed by atoms with Crippen LogP contribution in [0.15, 0.2) is 115 Å². The molecule has 0 aliphatic rings. The molecule has 0 aliphatic carbocycles. The Morgan fingerprint density at radius 3 is 1.75 bits per heavy atom. The summed E-state index contributed by atoms with van der Waals surface area (Å²) in [4.78, 5) is 0. The lowest BCUT2D eigenvalue weighted by atomic mass is 9.98. The molecule has 2 heteroatoms. The number of hydrogen-bond donors (Lipinski definition) is 0. The lowest BCUT2D eigenvalue weighted by Gasteiger charge is -2.05. The molecular weight excluding hydrogens is 454 g/mol. The van der Waals surface area contributed by atoms with Crippen LogP contribution in [0.5, 0.6) is 0 Å². The van der Waals surface area contributed by atoms with Crippen LogP contribution in [-0.2, 0) is 0 Å². The van der Waals surface area contributed by atoms with Crippen molar-refractivity contribution in [2.75, 3.05) is 0 Å². The van der Waals surface area contributed by atoms with Crippen molar-refractivity contribution in [2.24, 2.45) is 0 Å². The third-order valence-electron chi connectivity index (χ3n) is 7.88. The standard InChI is InChI=1S/C34H19NS/c1-2-8-21-18-33-27(15-20(21)7-1)26-14-13-22(19-32(26)36-33)23-16-28-24-9-3-5-11-30(24)35-31-12-6-4-10-25(31)29(17-23)34(28)35/h1-19H. The number of hydrogen-bond acceptors (Lipinski definition) is 1. The average Bonchev–Trinajstić information content (AvgIpc) is 3.57. The summed E-state index contributed by atoms with van der Waals surface area (Å²) in [6, 6.07) is 42.7. The van der Waals surface area contributed by atoms with Crippen LogP contribution in [0.25, 0.3) is 80.2 Å². The van der Waals surface area contributed by atoms with E-state index in [2.05, 4.69) is 120 Å². The smallest absolute Gasteiger partial charge is 0.0620 e. The molecule has 0 radical (unpaired) electrons. The Morgan fingerprint density at radius 1 is 0.417 bits per heavy atom. The number of benzene rings is 6. The molecule has 36 heavy (non-hydrogen) atoms. The number of para-hydroxylation sites is 2. The van der Waals surface area contributed by atoms with Crippen molar-refractivity contribution in [3.63, 3.8) is 0 Å². The molecule has 0 amide bonds. The quantitative estimate of drug-likeness (QED) is 0.223. The highest BCUT2D eigenvalue weighted by Crippen LogP contribution is 2.43. The Labute approximate surface area is 210 Å². The molecule has 0 bridgehead atoms. The van der Waals surface area contributed by atoms with Crippen LogP contribution in [0.1, 0.15) is 0 Å². The first kappa shape index (κ1) is 18.9. The molecule has 9 aromatic rings. The maximum atomic E-state index is 2.44. The van der Waals surface area contributed by atoms with Crippen molar-refractivity contribution in [3.05, 3.63) is 115 Å². The molecule has 0 unspecified atom stereocenters. The highest BCUT2D eigenvalue weighted by Gasteiger charge is 2.18. The van der Waals surface area contributed by atoms with E-state index in [1.165, 1.54) is 80.2 Å². The van der Waals surface area contributed by atoms with Gasteiger partial charge >= 0.3 is 0 Å². The van der Waals surface area contributed by atoms with Gasteiger partial charge in [0, 0.05) is 41.7 Å². The summed E-state index contributed by atoms with van der Waals surface area (Å²) in [5.41, 5.74) is 6.45. The summed E-state index contributed by atoms with van der Waals surface area (Å²) >= 11 is 1.90. The van der Waals surface area contributed by atoms with E-state index in [0.29, 0.717) is 0 Å². The molecule has 6 aromatic carbocycles. The molecule has 0 aliphatic heterocycles. The minimum atomic E-state index is 1.28. The zero-order valence-electron chi connectivity index (χ0n) is 19.3. The van der Waals surface area contributed by atoms with Gasteiger partial charge in [0.05, 0.1) is 16.6 Å². The van der Waals surface area contributed by atoms with Crippen molar-refractivity contribution < 1.29 is 0 Å². The molecule has 9 rings (SSSR count). The van der Waals surface area contributed by atoms with E-state index in [9.17, 15) is 0 Å². The number of thiophene rings is 1. The zero-order valence-corrected chi connectivity index (χ0v) is 20.1. The minimum absolute atomic E-state index is 1.28. The lowest BCUT2D eigenvalue weighted by molar-refractivity contribution is 1.37. The number of aromatic nitrogens is 1. The zero-order chi connectivity index (χ0) is 23.4. The van der Waals surface area contributed by atoms with E-state index < -0.39 is 0 Å². The monoisotopic (exact) mass is 473 g/mol. The van der Waals surface area contributed by atoms with E-state index in [-0.39, 0.29) is 0 Å². The lowest BCUT2D eigenvalue weighted by Crippen LogP contribution is -1.80. The fourth-order valence-corrected chi connectivity index (χ4v) is 7.43. The Balaban J connectivity index is 1.36. The Kier molecular flexibility index (Phi) is 3.47. The van der Waals surface area contributed by atoms with Crippen LogP contribution < -0.4 is 0 Å². The molecule has 0 fully saturated rings. The topological polar surface area (TPSA) is 4.41 Å². The Bertz CT molecular complexity index is 2230. The van der Waals surface area contributed by atoms with E-state index in [4.69, 9.17) is 0 Å². The van der Waals surface area contributed by atoms with Crippen LogP contribution in [0, 0.1) is 0 Å². The normalized spacial score (nSPS) is 12.4. The molecule has 1 nitrogen and oxygen atoms in total. The van der Waals surface area contributed by atoms with Gasteiger partial charge in [-0.25, -0.2) is 0 Å². The fourth-order valence-electron chi connectivity index (χ4n) is 6.26. The first-order valence-corrected chi connectivity index (χ1v) is 13.2. The summed E-state index contributed by atoms with van der Waals surface area (Å²) in [6.45, 7) is 0. The number of nitrogens with zero attached hydrogens (tertiary/aromatic N) is 1. The molecule has 0 atom stereocenters. The predicted octanol–water partition coefficient (Wildman–Crippen LogP) is 10.0. The van der Waals surface area contributed by atoms with Gasteiger partial charge in [-0.2, -0.15) is 0 Å². The number of fused-ring (bicyclic) bond motifs is 10. The van der Waals surface area contributed by atoms with Gasteiger partial charge in [0.15, 0.2) is 0 Å². The van der Waals surface area contributed by atoms with Crippen molar-refractivity contribution in [1.82, 2.24) is 4.40 Å². The van der Waals surface area contributed by atoms with Gasteiger partial charge < -0.3 is 4.40 Å². The number of rotatable bonds is 1. The van der Waals surface area contributed by atoms with Gasteiger partial charge in [-0.1, -0.05) is 72.8 Å². The van der Waals surface area contributed by atoms with E-state index in [1.807, 2.05) is 11.3 Å². The van der Waals surface area contributed by atoms with Crippen LogP contribution in [0.4, 0.5) is 0 Å². The largest absolute Gasteiger partial charge is 0.308 e. The molecule has 166 valence electrons. The van der Waals surface area contributed by atoms with E-state index in [0.717, 1.165) is 0 Å². The second-order valence-corrected chi connectivity index (χ2v) is 10.9. The minimum Gasteiger partial charge on any atom is -0.308 e. The average molecular weight is 474 g/mol. The van der Waals surface area contributed by atoms with Gasteiger partial charge in [0.1, 0.15) is 0 Å². The van der Waals surface area contributed by atoms with Gasteiger partial charge in [0.2, 0.25) is 0 Å². The third-order valence-corrected chi connectivity index (χ3v) is 8.99. The van der Waals surface area contributed by atoms with Gasteiger partial charge in [-0.3, -0.25) is 0 Å². The molecular formula is C34H19NS. The van der Waals surface area contributed by atoms with Crippen LogP contribution in [-0.4, -0.2) is 4.40 Å². The van der Waals surface area contributed by atoms with Gasteiger partial charge in [-0.05, 0) is 64.4 Å². The first-order valence-electron chi connectivity index (χ1n) is 12.4. The third kappa shape index (κ3) is 2.35. The van der Waals surface area contributed by atoms with E-state index in [1.54, 1.807) is 0 Å². The molecule has 0 N–H and O–H groups in total. The van der Waals surface area contributed by atoms with Crippen molar-refractivity contribution in [3.8, 4) is 11.1 Å². The SMILES string of the molecule is c1ccc2cc3c(cc2c1)sc1cc(-c2cc4c5ccccc5n5c6ccccc6c(c2)c45)ccc13. The Morgan fingerprint density at radius 2 is 1.03 bits per heavy atom. The van der Waals surface area contributed by atoms with Crippen molar-refractivity contribution >= 4 is 80.4 Å². The van der Waals surface area contributed by atoms with Crippen molar-refractivity contribution in [2.45, 2.75) is 0 Å². The van der Waals surface area contributed by atoms with Crippen LogP contribution in [0.2, 0.25) is 0 Å². The molecule has 0 saturated carbocycles. The highest BCUT2D eigenvalue weighted by molar-refractivity contribution is 7.25. The van der Waals surface area contributed by atoms with Crippen LogP contribution >= 0.6 is 11.3 Å². The van der Waals surface area contributed by atoms with Gasteiger partial charge in [-0.15, -0.1) is 11.3 Å². The maximum absolute atomic E-state index is 2.44. The molecule has 0 saturated heterocycles. The second kappa shape index (κ2) is 6.63.